The number of rotatable bonds is 6. The molecule has 2 aromatic rings. The molecule has 1 aliphatic rings. The molecule has 0 aliphatic carbocycles. The highest BCUT2D eigenvalue weighted by atomic mass is 16.2. The lowest BCUT2D eigenvalue weighted by atomic mass is 9.94. The van der Waals surface area contributed by atoms with Crippen LogP contribution in [0.4, 0.5) is 5.82 Å². The third-order valence-corrected chi connectivity index (χ3v) is 4.71. The van der Waals surface area contributed by atoms with Crippen LogP contribution in [-0.2, 0) is 6.42 Å². The molecule has 1 aromatic heterocycles. The normalized spacial score (nSPS) is 15.9. The molecule has 0 radical (unpaired) electrons. The molecule has 6 nitrogen and oxygen atoms in total. The van der Waals surface area contributed by atoms with Crippen molar-refractivity contribution in [3.63, 3.8) is 0 Å². The second-order valence-corrected chi connectivity index (χ2v) is 6.85. The molecular formula is C20H23N5O. The van der Waals surface area contributed by atoms with Gasteiger partial charge in [-0.2, -0.15) is 5.26 Å². The van der Waals surface area contributed by atoms with Crippen LogP contribution in [0.5, 0.6) is 0 Å². The van der Waals surface area contributed by atoms with Crippen LogP contribution < -0.4 is 10.2 Å². The first-order valence-corrected chi connectivity index (χ1v) is 8.96. The fourth-order valence-corrected chi connectivity index (χ4v) is 3.06. The zero-order chi connectivity index (χ0) is 18.4. The number of aromatic nitrogens is 2. The van der Waals surface area contributed by atoms with Crippen LogP contribution >= 0.6 is 0 Å². The van der Waals surface area contributed by atoms with Crippen molar-refractivity contribution in [2.75, 3.05) is 18.0 Å². The Bertz CT molecular complexity index is 778. The smallest absolute Gasteiger partial charge is 0.273 e. The number of hydrogen-bond acceptors (Lipinski definition) is 5. The summed E-state index contributed by atoms with van der Waals surface area (Å²) in [6, 6.07) is 15.6. The molecule has 1 atom stereocenters. The van der Waals surface area contributed by atoms with E-state index in [0.29, 0.717) is 12.8 Å². The van der Waals surface area contributed by atoms with Crippen molar-refractivity contribution in [1.82, 2.24) is 15.5 Å². The van der Waals surface area contributed by atoms with Gasteiger partial charge in [-0.1, -0.05) is 30.3 Å². The molecule has 1 fully saturated rings. The van der Waals surface area contributed by atoms with E-state index in [-0.39, 0.29) is 11.6 Å². The maximum absolute atomic E-state index is 12.5. The number of nitrogens with zero attached hydrogens (tertiary/aromatic N) is 4. The number of nitriles is 1. The van der Waals surface area contributed by atoms with Gasteiger partial charge < -0.3 is 10.2 Å². The van der Waals surface area contributed by atoms with E-state index in [0.717, 1.165) is 37.3 Å². The summed E-state index contributed by atoms with van der Waals surface area (Å²) < 4.78 is 0. The van der Waals surface area contributed by atoms with E-state index in [2.05, 4.69) is 26.5 Å². The van der Waals surface area contributed by atoms with E-state index in [1.165, 1.54) is 0 Å². The van der Waals surface area contributed by atoms with Crippen molar-refractivity contribution < 1.29 is 4.79 Å². The fourth-order valence-electron chi connectivity index (χ4n) is 3.06. The molecule has 1 saturated heterocycles. The van der Waals surface area contributed by atoms with Gasteiger partial charge in [0.25, 0.3) is 5.91 Å². The maximum atomic E-state index is 12.5. The van der Waals surface area contributed by atoms with Gasteiger partial charge in [0, 0.05) is 13.1 Å². The predicted octanol–water partition coefficient (Wildman–Crippen LogP) is 2.72. The number of anilines is 1. The molecule has 26 heavy (non-hydrogen) atoms. The van der Waals surface area contributed by atoms with E-state index in [4.69, 9.17) is 0 Å². The largest absolute Gasteiger partial charge is 0.355 e. The Morgan fingerprint density at radius 1 is 1.19 bits per heavy atom. The monoisotopic (exact) mass is 349 g/mol. The summed E-state index contributed by atoms with van der Waals surface area (Å²) in [6.45, 7) is 3.69. The molecular weight excluding hydrogens is 326 g/mol. The highest BCUT2D eigenvalue weighted by Gasteiger charge is 2.27. The van der Waals surface area contributed by atoms with Gasteiger partial charge in [-0.3, -0.25) is 4.79 Å². The molecule has 1 aromatic carbocycles. The number of carbonyl (C=O) groups is 1. The summed E-state index contributed by atoms with van der Waals surface area (Å²) in [7, 11) is 0. The van der Waals surface area contributed by atoms with Crippen LogP contribution in [0.3, 0.4) is 0 Å². The van der Waals surface area contributed by atoms with E-state index < -0.39 is 5.54 Å². The predicted molar refractivity (Wildman–Crippen MR) is 99.7 cm³/mol. The topological polar surface area (TPSA) is 81.9 Å². The van der Waals surface area contributed by atoms with Gasteiger partial charge in [-0.25, -0.2) is 0 Å². The van der Waals surface area contributed by atoms with Crippen LogP contribution in [0.2, 0.25) is 0 Å². The van der Waals surface area contributed by atoms with E-state index in [1.54, 1.807) is 13.0 Å². The Kier molecular flexibility index (Phi) is 5.47. The zero-order valence-corrected chi connectivity index (χ0v) is 15.0. The SMILES string of the molecule is C[C@](C#N)(CCc1ccccc1)NC(=O)c1ccc(N2CCCC2)nn1. The Labute approximate surface area is 153 Å². The standard InChI is InChI=1S/C20H23N5O/c1-20(15-21,12-11-16-7-3-2-4-8-16)22-19(26)17-9-10-18(24-23-17)25-13-5-6-14-25/h2-4,7-10H,5-6,11-14H2,1H3,(H,22,26)/t20-/m1/s1. The van der Waals surface area contributed by atoms with Gasteiger partial charge in [0.05, 0.1) is 6.07 Å². The third-order valence-electron chi connectivity index (χ3n) is 4.71. The van der Waals surface area contributed by atoms with Gasteiger partial charge in [-0.15, -0.1) is 10.2 Å². The van der Waals surface area contributed by atoms with Gasteiger partial charge in [0.1, 0.15) is 5.54 Å². The Balaban J connectivity index is 1.62. The molecule has 3 rings (SSSR count). The lowest BCUT2D eigenvalue weighted by Gasteiger charge is -2.23. The van der Waals surface area contributed by atoms with Gasteiger partial charge in [0.15, 0.2) is 11.5 Å². The Morgan fingerprint density at radius 2 is 1.92 bits per heavy atom. The number of aryl methyl sites for hydroxylation is 1. The highest BCUT2D eigenvalue weighted by Crippen LogP contribution is 2.17. The molecule has 0 spiro atoms. The summed E-state index contributed by atoms with van der Waals surface area (Å²) in [6.07, 6.45) is 3.56. The lowest BCUT2D eigenvalue weighted by molar-refractivity contribution is 0.0915. The first-order chi connectivity index (χ1) is 12.6. The van der Waals surface area contributed by atoms with Gasteiger partial charge in [-0.05, 0) is 50.3 Å². The molecule has 1 aliphatic heterocycles. The van der Waals surface area contributed by atoms with Crippen LogP contribution in [0.1, 0.15) is 42.2 Å². The van der Waals surface area contributed by atoms with Gasteiger partial charge in [0.2, 0.25) is 0 Å². The number of nitrogens with one attached hydrogen (secondary N) is 1. The van der Waals surface area contributed by atoms with Crippen molar-refractivity contribution in [3.8, 4) is 6.07 Å². The Hall–Kier alpha value is -2.94. The molecule has 1 amide bonds. The van der Waals surface area contributed by atoms with Crippen molar-refractivity contribution in [2.24, 2.45) is 0 Å². The summed E-state index contributed by atoms with van der Waals surface area (Å²) in [5.74, 6) is 0.425. The minimum atomic E-state index is -0.956. The van der Waals surface area contributed by atoms with Crippen LogP contribution in [0.25, 0.3) is 0 Å². The molecule has 1 N–H and O–H groups in total. The minimum Gasteiger partial charge on any atom is -0.355 e. The fraction of sp³-hybridized carbons (Fsp3) is 0.400. The molecule has 6 heteroatoms. The van der Waals surface area contributed by atoms with Crippen molar-refractivity contribution in [2.45, 2.75) is 38.1 Å². The maximum Gasteiger partial charge on any atom is 0.273 e. The number of benzene rings is 1. The third kappa shape index (κ3) is 4.37. The minimum absolute atomic E-state index is 0.231. The van der Waals surface area contributed by atoms with Crippen molar-refractivity contribution >= 4 is 11.7 Å². The quantitative estimate of drug-likeness (QED) is 0.867. The molecule has 0 bridgehead atoms. The first kappa shape index (κ1) is 17.9. The lowest BCUT2D eigenvalue weighted by Crippen LogP contribution is -2.45. The average Bonchev–Trinajstić information content (AvgIpc) is 3.22. The van der Waals surface area contributed by atoms with Gasteiger partial charge >= 0.3 is 0 Å². The number of hydrogen-bond donors (Lipinski definition) is 1. The molecule has 0 saturated carbocycles. The second-order valence-electron chi connectivity index (χ2n) is 6.85. The van der Waals surface area contributed by atoms with Crippen LogP contribution in [0.15, 0.2) is 42.5 Å². The number of amides is 1. The van der Waals surface area contributed by atoms with E-state index in [1.807, 2.05) is 36.4 Å². The summed E-state index contributed by atoms with van der Waals surface area (Å²) >= 11 is 0. The van der Waals surface area contributed by atoms with Crippen LogP contribution in [0, 0.1) is 11.3 Å². The molecule has 134 valence electrons. The summed E-state index contributed by atoms with van der Waals surface area (Å²) in [5.41, 5.74) is 0.412. The molecule has 2 heterocycles. The van der Waals surface area contributed by atoms with E-state index in [9.17, 15) is 10.1 Å². The average molecular weight is 349 g/mol. The highest BCUT2D eigenvalue weighted by molar-refractivity contribution is 5.93. The summed E-state index contributed by atoms with van der Waals surface area (Å²) in [4.78, 5) is 14.6. The van der Waals surface area contributed by atoms with Crippen LogP contribution in [-0.4, -0.2) is 34.7 Å². The first-order valence-electron chi connectivity index (χ1n) is 8.96. The number of carbonyl (C=O) groups excluding carboxylic acids is 1. The molecule has 0 unspecified atom stereocenters. The van der Waals surface area contributed by atoms with Crippen molar-refractivity contribution in [1.29, 1.82) is 5.26 Å². The van der Waals surface area contributed by atoms with E-state index >= 15 is 0 Å². The zero-order valence-electron chi connectivity index (χ0n) is 15.0. The Morgan fingerprint density at radius 3 is 2.54 bits per heavy atom. The second kappa shape index (κ2) is 7.96. The van der Waals surface area contributed by atoms with Crippen molar-refractivity contribution in [3.05, 3.63) is 53.7 Å². The summed E-state index contributed by atoms with van der Waals surface area (Å²) in [5, 5.41) is 20.6.